The first-order valence-corrected chi connectivity index (χ1v) is 5.39. The highest BCUT2D eigenvalue weighted by atomic mass is 16.5. The molecule has 0 radical (unpaired) electrons. The van der Waals surface area contributed by atoms with E-state index in [1.165, 1.54) is 12.0 Å². The molecule has 2 N–H and O–H groups in total. The highest BCUT2D eigenvalue weighted by molar-refractivity contribution is 5.80. The molecule has 1 aliphatic rings. The molecule has 2 amide bonds. The lowest BCUT2D eigenvalue weighted by molar-refractivity contribution is -0.137. The van der Waals surface area contributed by atoms with Crippen LogP contribution >= 0.6 is 0 Å². The summed E-state index contributed by atoms with van der Waals surface area (Å²) in [6.45, 7) is 0.342. The zero-order valence-electron chi connectivity index (χ0n) is 9.44. The largest absolute Gasteiger partial charge is 0.480 e. The molecule has 0 saturated heterocycles. The molecular weight excluding hydrogens is 212 g/mol. The Morgan fingerprint density at radius 1 is 1.50 bits per heavy atom. The van der Waals surface area contributed by atoms with Gasteiger partial charge >= 0.3 is 12.0 Å². The number of urea groups is 1. The summed E-state index contributed by atoms with van der Waals surface area (Å²) in [5, 5.41) is 11.5. The molecule has 92 valence electrons. The molecule has 6 heteroatoms. The van der Waals surface area contributed by atoms with E-state index in [0.29, 0.717) is 13.2 Å². The van der Waals surface area contributed by atoms with E-state index in [1.54, 1.807) is 0 Å². The van der Waals surface area contributed by atoms with E-state index in [1.807, 2.05) is 0 Å². The van der Waals surface area contributed by atoms with Gasteiger partial charge < -0.3 is 20.1 Å². The Kier molecular flexibility index (Phi) is 5.04. The molecule has 6 nitrogen and oxygen atoms in total. The van der Waals surface area contributed by atoms with Crippen molar-refractivity contribution in [3.05, 3.63) is 0 Å². The fraction of sp³-hybridized carbons (Fsp3) is 0.800. The van der Waals surface area contributed by atoms with Crippen LogP contribution in [0.3, 0.4) is 0 Å². The summed E-state index contributed by atoms with van der Waals surface area (Å²) in [5.41, 5.74) is 0. The van der Waals surface area contributed by atoms with E-state index in [9.17, 15) is 9.59 Å². The van der Waals surface area contributed by atoms with Gasteiger partial charge in [-0.1, -0.05) is 0 Å². The average Bonchev–Trinajstić information content (AvgIpc) is 2.17. The van der Waals surface area contributed by atoms with Gasteiger partial charge in [0.2, 0.25) is 0 Å². The maximum absolute atomic E-state index is 11.7. The molecule has 1 aliphatic carbocycles. The van der Waals surface area contributed by atoms with Crippen LogP contribution in [0.15, 0.2) is 0 Å². The van der Waals surface area contributed by atoms with E-state index >= 15 is 0 Å². The summed E-state index contributed by atoms with van der Waals surface area (Å²) in [5.74, 6) is -1.01. The maximum Gasteiger partial charge on any atom is 0.323 e. The first-order chi connectivity index (χ1) is 7.63. The number of methoxy groups -OCH3 is 1. The van der Waals surface area contributed by atoms with Gasteiger partial charge in [-0.05, 0) is 19.3 Å². The Hall–Kier alpha value is -1.30. The first kappa shape index (κ1) is 12.8. The fourth-order valence-corrected chi connectivity index (χ4v) is 1.44. The van der Waals surface area contributed by atoms with Crippen LogP contribution in [0.2, 0.25) is 0 Å². The van der Waals surface area contributed by atoms with Crippen molar-refractivity contribution in [1.29, 1.82) is 0 Å². The average molecular weight is 230 g/mol. The van der Waals surface area contributed by atoms with Crippen LogP contribution in [0.5, 0.6) is 0 Å². The van der Waals surface area contributed by atoms with E-state index in [4.69, 9.17) is 9.84 Å². The quantitative estimate of drug-likeness (QED) is 0.687. The van der Waals surface area contributed by atoms with Crippen LogP contribution in [0.25, 0.3) is 0 Å². The first-order valence-electron chi connectivity index (χ1n) is 5.39. The van der Waals surface area contributed by atoms with Gasteiger partial charge in [0.15, 0.2) is 0 Å². The van der Waals surface area contributed by atoms with Gasteiger partial charge in [-0.15, -0.1) is 0 Å². The Labute approximate surface area is 94.6 Å². The molecule has 0 aliphatic heterocycles. The van der Waals surface area contributed by atoms with Crippen LogP contribution in [0.4, 0.5) is 4.79 Å². The standard InChI is InChI=1S/C10H18N2O4/c1-16-6-5-12(7-9(13)14)10(15)11-8-3-2-4-8/h8H,2-7H2,1H3,(H,11,15)(H,13,14). The highest BCUT2D eigenvalue weighted by Crippen LogP contribution is 2.18. The number of carboxylic acids is 1. The number of carbonyl (C=O) groups excluding carboxylic acids is 1. The second kappa shape index (κ2) is 6.32. The lowest BCUT2D eigenvalue weighted by atomic mass is 9.93. The number of carbonyl (C=O) groups is 2. The molecule has 16 heavy (non-hydrogen) atoms. The number of amides is 2. The molecule has 0 aromatic heterocycles. The van der Waals surface area contributed by atoms with Crippen molar-refractivity contribution in [3.63, 3.8) is 0 Å². The third kappa shape index (κ3) is 4.06. The van der Waals surface area contributed by atoms with Crippen molar-refractivity contribution in [2.24, 2.45) is 0 Å². The minimum absolute atomic E-state index is 0.214. The topological polar surface area (TPSA) is 78.9 Å². The molecular formula is C10H18N2O4. The number of rotatable bonds is 6. The molecule has 0 heterocycles. The fourth-order valence-electron chi connectivity index (χ4n) is 1.44. The van der Waals surface area contributed by atoms with E-state index in [2.05, 4.69) is 5.32 Å². The van der Waals surface area contributed by atoms with Crippen molar-refractivity contribution >= 4 is 12.0 Å². The molecule has 0 bridgehead atoms. The SMILES string of the molecule is COCCN(CC(=O)O)C(=O)NC1CCC1. The van der Waals surface area contributed by atoms with Crippen LogP contribution in [-0.4, -0.2) is 54.9 Å². The summed E-state index contributed by atoms with van der Waals surface area (Å²) in [7, 11) is 1.52. The van der Waals surface area contributed by atoms with Crippen molar-refractivity contribution in [2.45, 2.75) is 25.3 Å². The van der Waals surface area contributed by atoms with Crippen molar-refractivity contribution in [2.75, 3.05) is 26.8 Å². The van der Waals surface area contributed by atoms with Gasteiger partial charge in [-0.3, -0.25) is 4.79 Å². The van der Waals surface area contributed by atoms with E-state index in [0.717, 1.165) is 19.3 Å². The zero-order valence-corrected chi connectivity index (χ0v) is 9.44. The van der Waals surface area contributed by atoms with Crippen molar-refractivity contribution in [1.82, 2.24) is 10.2 Å². The summed E-state index contributed by atoms with van der Waals surface area (Å²) in [6.07, 6.45) is 3.09. The van der Waals surface area contributed by atoms with Crippen LogP contribution in [0.1, 0.15) is 19.3 Å². The van der Waals surface area contributed by atoms with Gasteiger partial charge in [0.1, 0.15) is 6.54 Å². The van der Waals surface area contributed by atoms with Gasteiger partial charge in [0, 0.05) is 19.7 Å². The molecule has 0 aromatic rings. The Morgan fingerprint density at radius 3 is 2.62 bits per heavy atom. The van der Waals surface area contributed by atoms with Crippen LogP contribution in [0, 0.1) is 0 Å². The van der Waals surface area contributed by atoms with Crippen LogP contribution in [-0.2, 0) is 9.53 Å². The summed E-state index contributed by atoms with van der Waals surface area (Å²) in [6, 6.07) is -0.101. The predicted octanol–water partition coefficient (Wildman–Crippen LogP) is 0.281. The number of aliphatic carboxylic acids is 1. The number of hydrogen-bond acceptors (Lipinski definition) is 3. The Morgan fingerprint density at radius 2 is 2.19 bits per heavy atom. The minimum Gasteiger partial charge on any atom is -0.480 e. The lowest BCUT2D eigenvalue weighted by Crippen LogP contribution is -2.49. The van der Waals surface area contributed by atoms with E-state index < -0.39 is 5.97 Å². The number of nitrogens with one attached hydrogen (secondary N) is 1. The summed E-state index contributed by atoms with van der Waals surface area (Å²) >= 11 is 0. The lowest BCUT2D eigenvalue weighted by Gasteiger charge is -2.29. The third-order valence-corrected chi connectivity index (χ3v) is 2.61. The molecule has 1 fully saturated rings. The third-order valence-electron chi connectivity index (χ3n) is 2.61. The van der Waals surface area contributed by atoms with Gasteiger partial charge in [-0.2, -0.15) is 0 Å². The molecule has 1 saturated carbocycles. The zero-order chi connectivity index (χ0) is 12.0. The number of nitrogens with zero attached hydrogens (tertiary/aromatic N) is 1. The molecule has 1 rings (SSSR count). The number of carboxylic acid groups (broad SMARTS) is 1. The summed E-state index contributed by atoms with van der Waals surface area (Å²) < 4.78 is 4.83. The molecule has 0 spiro atoms. The van der Waals surface area contributed by atoms with Crippen LogP contribution < -0.4 is 5.32 Å². The maximum atomic E-state index is 11.7. The number of ether oxygens (including phenoxy) is 1. The Bertz CT molecular complexity index is 253. The van der Waals surface area contributed by atoms with Gasteiger partial charge in [-0.25, -0.2) is 4.79 Å². The van der Waals surface area contributed by atoms with Gasteiger partial charge in [0.05, 0.1) is 6.61 Å². The monoisotopic (exact) mass is 230 g/mol. The predicted molar refractivity (Wildman–Crippen MR) is 57.3 cm³/mol. The summed E-state index contributed by atoms with van der Waals surface area (Å²) in [4.78, 5) is 23.5. The smallest absolute Gasteiger partial charge is 0.323 e. The van der Waals surface area contributed by atoms with E-state index in [-0.39, 0.29) is 18.6 Å². The molecule has 0 atom stereocenters. The number of hydrogen-bond donors (Lipinski definition) is 2. The van der Waals surface area contributed by atoms with Crippen molar-refractivity contribution < 1.29 is 19.4 Å². The van der Waals surface area contributed by atoms with Gasteiger partial charge in [0.25, 0.3) is 0 Å². The minimum atomic E-state index is -1.01. The normalized spacial score (nSPS) is 15.3. The second-order valence-electron chi connectivity index (χ2n) is 3.89. The highest BCUT2D eigenvalue weighted by Gasteiger charge is 2.23. The van der Waals surface area contributed by atoms with Crippen molar-refractivity contribution in [3.8, 4) is 0 Å². The second-order valence-corrected chi connectivity index (χ2v) is 3.89. The molecule has 0 aromatic carbocycles. The Balaban J connectivity index is 2.38. The molecule has 0 unspecified atom stereocenters.